The predicted molar refractivity (Wildman–Crippen MR) is 76.8 cm³/mol. The number of carbonyl (C=O) groups excluding carboxylic acids is 1. The Kier molecular flexibility index (Phi) is 4.04. The second kappa shape index (κ2) is 5.96. The first-order chi connectivity index (χ1) is 10.2. The minimum atomic E-state index is -0.505. The first kappa shape index (κ1) is 14.2. The molecule has 4 heteroatoms. The molecule has 1 aromatic rings. The van der Waals surface area contributed by atoms with Gasteiger partial charge in [-0.15, -0.1) is 0 Å². The molecule has 1 saturated heterocycles. The number of carbonyl (C=O) groups is 1. The van der Waals surface area contributed by atoms with Gasteiger partial charge in [0.1, 0.15) is 11.6 Å². The van der Waals surface area contributed by atoms with Crippen molar-refractivity contribution < 1.29 is 13.6 Å². The maximum atomic E-state index is 13.8. The van der Waals surface area contributed by atoms with Crippen molar-refractivity contribution in [2.75, 3.05) is 13.1 Å². The normalized spacial score (nSPS) is 25.3. The maximum absolute atomic E-state index is 13.8. The van der Waals surface area contributed by atoms with Crippen LogP contribution in [-0.2, 0) is 4.79 Å². The molecule has 2 atom stereocenters. The van der Waals surface area contributed by atoms with Crippen molar-refractivity contribution >= 4 is 5.91 Å². The highest BCUT2D eigenvalue weighted by atomic mass is 19.1. The van der Waals surface area contributed by atoms with E-state index in [-0.39, 0.29) is 23.3 Å². The van der Waals surface area contributed by atoms with E-state index in [0.29, 0.717) is 19.5 Å². The number of benzene rings is 1. The van der Waals surface area contributed by atoms with Gasteiger partial charge in [0.25, 0.3) is 0 Å². The molecule has 1 amide bonds. The third-order valence-electron chi connectivity index (χ3n) is 4.53. The van der Waals surface area contributed by atoms with Crippen LogP contribution < -0.4 is 0 Å². The lowest BCUT2D eigenvalue weighted by molar-refractivity contribution is -0.134. The smallest absolute Gasteiger partial charge is 0.226 e. The lowest BCUT2D eigenvalue weighted by Gasteiger charge is -2.24. The first-order valence-corrected chi connectivity index (χ1v) is 7.54. The highest BCUT2D eigenvalue weighted by molar-refractivity contribution is 5.79. The van der Waals surface area contributed by atoms with Gasteiger partial charge in [-0.25, -0.2) is 8.78 Å². The third kappa shape index (κ3) is 2.85. The summed E-state index contributed by atoms with van der Waals surface area (Å²) in [6.07, 6.45) is 7.39. The van der Waals surface area contributed by atoms with Gasteiger partial charge >= 0.3 is 0 Å². The van der Waals surface area contributed by atoms with Crippen LogP contribution in [0.25, 0.3) is 0 Å². The Morgan fingerprint density at radius 2 is 1.90 bits per heavy atom. The summed E-state index contributed by atoms with van der Waals surface area (Å²) in [7, 11) is 0. The molecule has 21 heavy (non-hydrogen) atoms. The molecule has 0 unspecified atom stereocenters. The molecule has 112 valence electrons. The summed E-state index contributed by atoms with van der Waals surface area (Å²) in [6.45, 7) is 1.02. The van der Waals surface area contributed by atoms with Gasteiger partial charge in [0.05, 0.1) is 0 Å². The Balaban J connectivity index is 1.70. The number of rotatable bonds is 2. The van der Waals surface area contributed by atoms with Crippen molar-refractivity contribution in [2.45, 2.75) is 31.6 Å². The molecule has 1 aliphatic heterocycles. The van der Waals surface area contributed by atoms with E-state index >= 15 is 0 Å². The van der Waals surface area contributed by atoms with Crippen LogP contribution in [0.3, 0.4) is 0 Å². The van der Waals surface area contributed by atoms with Gasteiger partial charge in [-0.05, 0) is 37.8 Å². The van der Waals surface area contributed by atoms with Gasteiger partial charge in [-0.1, -0.05) is 18.2 Å². The summed E-state index contributed by atoms with van der Waals surface area (Å²) in [4.78, 5) is 14.2. The highest BCUT2D eigenvalue weighted by Crippen LogP contribution is 2.32. The van der Waals surface area contributed by atoms with Crippen LogP contribution in [0.15, 0.2) is 30.4 Å². The standard InChI is InChI=1S/C17H19F2NO/c18-14-7-4-8-15(19)16(14)13-9-10-20(11-13)17(21)12-5-2-1-3-6-12/h1-2,4,7-8,12-13H,3,5-6,9-11H2/t12-,13-/m1/s1. The SMILES string of the molecule is O=C([C@@H]1CC=CCC1)N1CC[C@@H](c2c(F)cccc2F)C1. The van der Waals surface area contributed by atoms with Crippen LogP contribution >= 0.6 is 0 Å². The summed E-state index contributed by atoms with van der Waals surface area (Å²) in [5.41, 5.74) is 0.135. The molecule has 0 N–H and O–H groups in total. The molecular weight excluding hydrogens is 272 g/mol. The lowest BCUT2D eigenvalue weighted by atomic mass is 9.93. The number of amides is 1. The molecule has 2 nitrogen and oxygen atoms in total. The molecule has 0 saturated carbocycles. The summed E-state index contributed by atoms with van der Waals surface area (Å²) in [5.74, 6) is -1.06. The largest absolute Gasteiger partial charge is 0.342 e. The quantitative estimate of drug-likeness (QED) is 0.762. The van der Waals surface area contributed by atoms with Gasteiger partial charge < -0.3 is 4.90 Å². The van der Waals surface area contributed by atoms with Gasteiger partial charge in [0.15, 0.2) is 0 Å². The van der Waals surface area contributed by atoms with E-state index < -0.39 is 11.6 Å². The Bertz CT molecular complexity index is 550. The third-order valence-corrected chi connectivity index (χ3v) is 4.53. The summed E-state index contributed by atoms with van der Waals surface area (Å²) < 4.78 is 27.7. The van der Waals surface area contributed by atoms with Crippen molar-refractivity contribution in [1.29, 1.82) is 0 Å². The molecular formula is C17H19F2NO. The predicted octanol–water partition coefficient (Wildman–Crippen LogP) is 3.64. The minimum Gasteiger partial charge on any atom is -0.342 e. The number of allylic oxidation sites excluding steroid dienone is 2. The molecule has 1 fully saturated rings. The van der Waals surface area contributed by atoms with Crippen molar-refractivity contribution in [2.24, 2.45) is 5.92 Å². The summed E-state index contributed by atoms with van der Waals surface area (Å²) in [5, 5.41) is 0. The summed E-state index contributed by atoms with van der Waals surface area (Å²) >= 11 is 0. The van der Waals surface area contributed by atoms with Crippen molar-refractivity contribution in [3.63, 3.8) is 0 Å². The Morgan fingerprint density at radius 1 is 1.14 bits per heavy atom. The fourth-order valence-electron chi connectivity index (χ4n) is 3.37. The molecule has 2 aliphatic rings. The first-order valence-electron chi connectivity index (χ1n) is 7.54. The molecule has 0 spiro atoms. The molecule has 0 bridgehead atoms. The molecule has 3 rings (SSSR count). The number of hydrogen-bond donors (Lipinski definition) is 0. The van der Waals surface area contributed by atoms with Crippen molar-refractivity contribution in [3.8, 4) is 0 Å². The van der Waals surface area contributed by atoms with Gasteiger partial charge in [0.2, 0.25) is 5.91 Å². The Labute approximate surface area is 123 Å². The zero-order chi connectivity index (χ0) is 14.8. The Hall–Kier alpha value is -1.71. The van der Waals surface area contributed by atoms with E-state index in [9.17, 15) is 13.6 Å². The van der Waals surface area contributed by atoms with Crippen molar-refractivity contribution in [3.05, 3.63) is 47.5 Å². The fraction of sp³-hybridized carbons (Fsp3) is 0.471. The zero-order valence-electron chi connectivity index (χ0n) is 11.9. The molecule has 1 aromatic carbocycles. The second-order valence-corrected chi connectivity index (χ2v) is 5.89. The highest BCUT2D eigenvalue weighted by Gasteiger charge is 2.33. The molecule has 0 aromatic heterocycles. The van der Waals surface area contributed by atoms with Crippen LogP contribution in [-0.4, -0.2) is 23.9 Å². The van der Waals surface area contributed by atoms with Crippen LogP contribution in [0, 0.1) is 17.6 Å². The molecule has 1 aliphatic carbocycles. The van der Waals surface area contributed by atoms with E-state index in [2.05, 4.69) is 12.2 Å². The van der Waals surface area contributed by atoms with E-state index in [1.807, 2.05) is 0 Å². The number of halogens is 2. The Morgan fingerprint density at radius 3 is 2.57 bits per heavy atom. The fourth-order valence-corrected chi connectivity index (χ4v) is 3.37. The zero-order valence-corrected chi connectivity index (χ0v) is 11.9. The topological polar surface area (TPSA) is 20.3 Å². The second-order valence-electron chi connectivity index (χ2n) is 5.89. The summed E-state index contributed by atoms with van der Waals surface area (Å²) in [6, 6.07) is 3.95. The van der Waals surface area contributed by atoms with Crippen LogP contribution in [0.2, 0.25) is 0 Å². The van der Waals surface area contributed by atoms with E-state index in [1.165, 1.54) is 18.2 Å². The molecule has 0 radical (unpaired) electrons. The minimum absolute atomic E-state index is 0.0409. The van der Waals surface area contributed by atoms with Gasteiger partial charge in [-0.2, -0.15) is 0 Å². The number of likely N-dealkylation sites (tertiary alicyclic amines) is 1. The number of nitrogens with zero attached hydrogens (tertiary/aromatic N) is 1. The van der Waals surface area contributed by atoms with Crippen LogP contribution in [0.4, 0.5) is 8.78 Å². The average molecular weight is 291 g/mol. The van der Waals surface area contributed by atoms with Crippen LogP contribution in [0.1, 0.15) is 37.2 Å². The van der Waals surface area contributed by atoms with Gasteiger partial charge in [-0.3, -0.25) is 4.79 Å². The van der Waals surface area contributed by atoms with Crippen molar-refractivity contribution in [1.82, 2.24) is 4.90 Å². The average Bonchev–Trinajstić information content (AvgIpc) is 2.97. The van der Waals surface area contributed by atoms with Crippen LogP contribution in [0.5, 0.6) is 0 Å². The van der Waals surface area contributed by atoms with E-state index in [0.717, 1.165) is 19.3 Å². The van der Waals surface area contributed by atoms with Gasteiger partial charge in [0, 0.05) is 30.5 Å². The van der Waals surface area contributed by atoms with E-state index in [1.54, 1.807) is 4.90 Å². The maximum Gasteiger partial charge on any atom is 0.226 e. The lowest BCUT2D eigenvalue weighted by Crippen LogP contribution is -2.34. The van der Waals surface area contributed by atoms with E-state index in [4.69, 9.17) is 0 Å². The monoisotopic (exact) mass is 291 g/mol. The molecule has 1 heterocycles. The number of hydrogen-bond acceptors (Lipinski definition) is 1.